The molecule has 0 unspecified atom stereocenters. The summed E-state index contributed by atoms with van der Waals surface area (Å²) in [6, 6.07) is 0. The van der Waals surface area contributed by atoms with Gasteiger partial charge in [-0.2, -0.15) is 0 Å². The fraction of sp³-hybridized carbons (Fsp3) is 0.857. The third-order valence-electron chi connectivity index (χ3n) is 2.26. The van der Waals surface area contributed by atoms with Crippen LogP contribution in [0.1, 0.15) is 19.7 Å². The number of sulfone groups is 1. The Hall–Kier alpha value is -0.690. The molecule has 0 aromatic carbocycles. The van der Waals surface area contributed by atoms with Crippen LogP contribution in [0.5, 0.6) is 0 Å². The van der Waals surface area contributed by atoms with Crippen LogP contribution in [0.4, 0.5) is 0 Å². The molecule has 0 radical (unpaired) electrons. The van der Waals surface area contributed by atoms with Gasteiger partial charge in [0.15, 0.2) is 15.7 Å². The molecule has 0 fully saturated rings. The van der Waals surface area contributed by atoms with Gasteiger partial charge in [-0.3, -0.25) is 0 Å². The highest BCUT2D eigenvalue weighted by Crippen LogP contribution is 2.17. The molecule has 6 nitrogen and oxygen atoms in total. The molecule has 0 saturated carbocycles. The molecule has 86 valence electrons. The summed E-state index contributed by atoms with van der Waals surface area (Å²) in [7, 11) is -3.16. The molecule has 0 atom stereocenters. The highest BCUT2D eigenvalue weighted by atomic mass is 35.5. The summed E-state index contributed by atoms with van der Waals surface area (Å²) < 4.78 is 23.4. The largest absolute Gasteiger partial charge is 0.229 e. The standard InChI is InChI=1S/C7H13ClN4O2S/c1-7(2,15(3,13)14)5-12-6(4-8)9-10-11-12/h4-5H2,1-3H3. The SMILES string of the molecule is CC(C)(Cn1nnnc1CCl)S(C)(=O)=O. The third kappa shape index (κ3) is 2.66. The average Bonchev–Trinajstić information content (AvgIpc) is 2.48. The first-order valence-electron chi connectivity index (χ1n) is 4.28. The van der Waals surface area contributed by atoms with Crippen molar-refractivity contribution in [3.05, 3.63) is 5.82 Å². The van der Waals surface area contributed by atoms with E-state index in [0.29, 0.717) is 5.82 Å². The highest BCUT2D eigenvalue weighted by Gasteiger charge is 2.31. The Morgan fingerprint density at radius 1 is 1.47 bits per heavy atom. The summed E-state index contributed by atoms with van der Waals surface area (Å²) in [5, 5.41) is 10.8. The molecule has 0 aliphatic carbocycles. The van der Waals surface area contributed by atoms with Crippen LogP contribution in [0.3, 0.4) is 0 Å². The minimum atomic E-state index is -3.16. The second kappa shape index (κ2) is 4.05. The van der Waals surface area contributed by atoms with Gasteiger partial charge in [-0.15, -0.1) is 16.7 Å². The summed E-state index contributed by atoms with van der Waals surface area (Å²) in [5.41, 5.74) is 0. The molecule has 1 aromatic rings. The molecule has 1 rings (SSSR count). The van der Waals surface area contributed by atoms with Crippen LogP contribution in [0, 0.1) is 0 Å². The van der Waals surface area contributed by atoms with Crippen LogP contribution in [-0.2, 0) is 22.3 Å². The van der Waals surface area contributed by atoms with Crippen molar-refractivity contribution in [3.8, 4) is 0 Å². The molecule has 0 bridgehead atoms. The number of aromatic nitrogens is 4. The van der Waals surface area contributed by atoms with E-state index in [1.807, 2.05) is 0 Å². The molecule has 0 aliphatic heterocycles. The van der Waals surface area contributed by atoms with Crippen LogP contribution in [0.2, 0.25) is 0 Å². The van der Waals surface area contributed by atoms with Crippen LogP contribution < -0.4 is 0 Å². The van der Waals surface area contributed by atoms with Crippen molar-refractivity contribution < 1.29 is 8.42 Å². The topological polar surface area (TPSA) is 77.7 Å². The molecular formula is C7H13ClN4O2S. The predicted molar refractivity (Wildman–Crippen MR) is 56.3 cm³/mol. The minimum absolute atomic E-state index is 0.160. The van der Waals surface area contributed by atoms with Gasteiger partial charge in [0.25, 0.3) is 0 Å². The first-order chi connectivity index (χ1) is 6.78. The van der Waals surface area contributed by atoms with Crippen molar-refractivity contribution in [1.29, 1.82) is 0 Å². The van der Waals surface area contributed by atoms with E-state index in [4.69, 9.17) is 11.6 Å². The first-order valence-corrected chi connectivity index (χ1v) is 6.71. The molecule has 0 amide bonds. The molecule has 0 aliphatic rings. The lowest BCUT2D eigenvalue weighted by Crippen LogP contribution is -2.36. The Morgan fingerprint density at radius 3 is 2.53 bits per heavy atom. The second-order valence-corrected chi connectivity index (χ2v) is 6.84. The van der Waals surface area contributed by atoms with Gasteiger partial charge < -0.3 is 0 Å². The van der Waals surface area contributed by atoms with E-state index in [-0.39, 0.29) is 12.4 Å². The zero-order valence-electron chi connectivity index (χ0n) is 8.81. The van der Waals surface area contributed by atoms with E-state index in [2.05, 4.69) is 15.5 Å². The van der Waals surface area contributed by atoms with E-state index in [9.17, 15) is 8.42 Å². The van der Waals surface area contributed by atoms with Crippen molar-refractivity contribution in [3.63, 3.8) is 0 Å². The predicted octanol–water partition coefficient (Wildman–Crippen LogP) is 0.235. The number of hydrogen-bond donors (Lipinski definition) is 0. The fourth-order valence-corrected chi connectivity index (χ4v) is 1.47. The van der Waals surface area contributed by atoms with Gasteiger partial charge in [-0.25, -0.2) is 13.1 Å². The number of rotatable bonds is 4. The molecule has 0 N–H and O–H groups in total. The molecule has 1 heterocycles. The van der Waals surface area contributed by atoms with Crippen molar-refractivity contribution in [2.45, 2.75) is 31.0 Å². The van der Waals surface area contributed by atoms with Gasteiger partial charge >= 0.3 is 0 Å². The smallest absolute Gasteiger partial charge is 0.166 e. The number of tetrazole rings is 1. The lowest BCUT2D eigenvalue weighted by atomic mass is 10.2. The van der Waals surface area contributed by atoms with Gasteiger partial charge in [0.05, 0.1) is 17.2 Å². The zero-order valence-corrected chi connectivity index (χ0v) is 10.4. The fourth-order valence-electron chi connectivity index (χ4n) is 0.920. The lowest BCUT2D eigenvalue weighted by Gasteiger charge is -2.22. The maximum absolute atomic E-state index is 11.5. The van der Waals surface area contributed by atoms with E-state index < -0.39 is 14.6 Å². The Labute approximate surface area is 93.5 Å². The average molecular weight is 253 g/mol. The quantitative estimate of drug-likeness (QED) is 0.717. The van der Waals surface area contributed by atoms with Gasteiger partial charge in [0.2, 0.25) is 0 Å². The van der Waals surface area contributed by atoms with Gasteiger partial charge in [-0.05, 0) is 24.3 Å². The number of alkyl halides is 1. The van der Waals surface area contributed by atoms with E-state index in [1.165, 1.54) is 10.9 Å². The molecule has 0 spiro atoms. The highest BCUT2D eigenvalue weighted by molar-refractivity contribution is 7.92. The zero-order chi connectivity index (χ0) is 11.7. The van der Waals surface area contributed by atoms with Gasteiger partial charge in [-0.1, -0.05) is 0 Å². The summed E-state index contributed by atoms with van der Waals surface area (Å²) in [4.78, 5) is 0. The lowest BCUT2D eigenvalue weighted by molar-refractivity contribution is 0.462. The molecular weight excluding hydrogens is 240 g/mol. The Bertz CT molecular complexity index is 440. The number of halogens is 1. The number of hydrogen-bond acceptors (Lipinski definition) is 5. The van der Waals surface area contributed by atoms with Crippen LogP contribution in [0.15, 0.2) is 0 Å². The van der Waals surface area contributed by atoms with Crippen LogP contribution in [0.25, 0.3) is 0 Å². The third-order valence-corrected chi connectivity index (χ3v) is 4.64. The maximum atomic E-state index is 11.5. The molecule has 8 heteroatoms. The van der Waals surface area contributed by atoms with E-state index in [0.717, 1.165) is 0 Å². The first kappa shape index (κ1) is 12.4. The number of nitrogens with zero attached hydrogens (tertiary/aromatic N) is 4. The normalized spacial score (nSPS) is 13.1. The summed E-state index contributed by atoms with van der Waals surface area (Å²) in [6.07, 6.45) is 1.19. The van der Waals surface area contributed by atoms with Crippen molar-refractivity contribution in [2.75, 3.05) is 6.26 Å². The van der Waals surface area contributed by atoms with Crippen molar-refractivity contribution >= 4 is 21.4 Å². The van der Waals surface area contributed by atoms with Crippen molar-refractivity contribution in [1.82, 2.24) is 20.2 Å². The molecule has 1 aromatic heterocycles. The second-order valence-electron chi connectivity index (χ2n) is 3.92. The molecule has 15 heavy (non-hydrogen) atoms. The molecule has 0 saturated heterocycles. The van der Waals surface area contributed by atoms with Gasteiger partial charge in [0.1, 0.15) is 0 Å². The maximum Gasteiger partial charge on any atom is 0.166 e. The monoisotopic (exact) mass is 252 g/mol. The Morgan fingerprint density at radius 2 is 2.07 bits per heavy atom. The Balaban J connectivity index is 2.96. The summed E-state index contributed by atoms with van der Waals surface area (Å²) in [6.45, 7) is 3.45. The summed E-state index contributed by atoms with van der Waals surface area (Å²) >= 11 is 5.60. The van der Waals surface area contributed by atoms with E-state index >= 15 is 0 Å². The van der Waals surface area contributed by atoms with Crippen molar-refractivity contribution in [2.24, 2.45) is 0 Å². The summed E-state index contributed by atoms with van der Waals surface area (Å²) in [5.74, 6) is 0.626. The van der Waals surface area contributed by atoms with E-state index in [1.54, 1.807) is 13.8 Å². The van der Waals surface area contributed by atoms with Gasteiger partial charge in [0, 0.05) is 6.26 Å². The van der Waals surface area contributed by atoms with Crippen LogP contribution in [-0.4, -0.2) is 39.6 Å². The Kier molecular flexibility index (Phi) is 3.34. The minimum Gasteiger partial charge on any atom is -0.229 e. The van der Waals surface area contributed by atoms with Crippen LogP contribution >= 0.6 is 11.6 Å².